The van der Waals surface area contributed by atoms with Gasteiger partial charge < -0.3 is 15.0 Å². The van der Waals surface area contributed by atoms with E-state index in [-0.39, 0.29) is 12.5 Å². The summed E-state index contributed by atoms with van der Waals surface area (Å²) in [5.41, 5.74) is 0.673. The molecule has 0 aromatic heterocycles. The van der Waals surface area contributed by atoms with Gasteiger partial charge in [-0.2, -0.15) is 0 Å². The van der Waals surface area contributed by atoms with E-state index in [0.29, 0.717) is 31.7 Å². The van der Waals surface area contributed by atoms with E-state index in [2.05, 4.69) is 5.32 Å². The number of rotatable bonds is 5. The number of benzene rings is 2. The lowest BCUT2D eigenvalue weighted by molar-refractivity contribution is -0.136. The predicted molar refractivity (Wildman–Crippen MR) is 101 cm³/mol. The van der Waals surface area contributed by atoms with Crippen LogP contribution in [0.3, 0.4) is 0 Å². The minimum absolute atomic E-state index is 0.0691. The number of anilines is 1. The van der Waals surface area contributed by atoms with Crippen LogP contribution < -0.4 is 10.1 Å². The number of carbonyl (C=O) groups excluding carboxylic acids is 2. The van der Waals surface area contributed by atoms with Crippen LogP contribution in [0.4, 0.5) is 14.5 Å². The van der Waals surface area contributed by atoms with Crippen LogP contribution in [-0.2, 0) is 9.59 Å². The molecule has 1 fully saturated rings. The Bertz CT molecular complexity index is 827. The summed E-state index contributed by atoms with van der Waals surface area (Å²) in [5, 5.41) is 2.33. The lowest BCUT2D eigenvalue weighted by Crippen LogP contribution is -2.43. The molecule has 28 heavy (non-hydrogen) atoms. The highest BCUT2D eigenvalue weighted by molar-refractivity contribution is 5.93. The third-order valence-electron chi connectivity index (χ3n) is 4.81. The van der Waals surface area contributed by atoms with Gasteiger partial charge in [-0.05, 0) is 44.0 Å². The second kappa shape index (κ2) is 8.82. The van der Waals surface area contributed by atoms with Gasteiger partial charge in [-0.3, -0.25) is 9.59 Å². The maximum atomic E-state index is 13.7. The van der Waals surface area contributed by atoms with Gasteiger partial charge in [-0.1, -0.05) is 23.8 Å². The Morgan fingerprint density at radius 1 is 1.07 bits per heavy atom. The van der Waals surface area contributed by atoms with Crippen molar-refractivity contribution in [3.8, 4) is 5.75 Å². The summed E-state index contributed by atoms with van der Waals surface area (Å²) in [6.07, 6.45) is 0.857. The van der Waals surface area contributed by atoms with Gasteiger partial charge in [0, 0.05) is 19.0 Å². The van der Waals surface area contributed by atoms with E-state index >= 15 is 0 Å². The maximum absolute atomic E-state index is 13.7. The Morgan fingerprint density at radius 3 is 2.29 bits per heavy atom. The lowest BCUT2D eigenvalue weighted by atomic mass is 9.95. The fourth-order valence-electron chi connectivity index (χ4n) is 3.10. The van der Waals surface area contributed by atoms with Crippen LogP contribution in [0.5, 0.6) is 5.75 Å². The van der Waals surface area contributed by atoms with Crippen molar-refractivity contribution in [2.24, 2.45) is 5.92 Å². The molecular weight excluding hydrogens is 366 g/mol. The Balaban J connectivity index is 1.47. The summed E-state index contributed by atoms with van der Waals surface area (Å²) in [7, 11) is 0. The van der Waals surface area contributed by atoms with Crippen LogP contribution in [0.2, 0.25) is 0 Å². The molecule has 7 heteroatoms. The van der Waals surface area contributed by atoms with Gasteiger partial charge in [0.1, 0.15) is 23.1 Å². The molecule has 1 saturated heterocycles. The van der Waals surface area contributed by atoms with E-state index in [1.807, 2.05) is 19.1 Å². The third-order valence-corrected chi connectivity index (χ3v) is 4.81. The fourth-order valence-corrected chi connectivity index (χ4v) is 3.10. The summed E-state index contributed by atoms with van der Waals surface area (Å²) in [5.74, 6) is -1.99. The average Bonchev–Trinajstić information content (AvgIpc) is 2.70. The third kappa shape index (κ3) is 4.85. The van der Waals surface area contributed by atoms with Crippen molar-refractivity contribution >= 4 is 17.5 Å². The molecule has 0 unspecified atom stereocenters. The first-order valence-corrected chi connectivity index (χ1v) is 9.16. The zero-order chi connectivity index (χ0) is 20.1. The number of likely N-dealkylation sites (tertiary alicyclic amines) is 1. The molecule has 2 aromatic carbocycles. The number of hydrogen-bond acceptors (Lipinski definition) is 3. The van der Waals surface area contributed by atoms with Crippen molar-refractivity contribution in [1.29, 1.82) is 0 Å². The van der Waals surface area contributed by atoms with E-state index in [1.54, 1.807) is 17.0 Å². The Morgan fingerprint density at radius 2 is 1.68 bits per heavy atom. The number of halogens is 2. The van der Waals surface area contributed by atoms with Crippen LogP contribution in [0.15, 0.2) is 42.5 Å². The van der Waals surface area contributed by atoms with Crippen molar-refractivity contribution in [2.45, 2.75) is 19.8 Å². The standard InChI is InChI=1S/C21H22F2N2O3/c1-14-5-7-16(8-6-14)28-13-19(26)25-11-9-15(10-12-25)21(27)24-20-17(22)3-2-4-18(20)23/h2-8,15H,9-13H2,1H3,(H,24,27). The van der Waals surface area contributed by atoms with E-state index in [9.17, 15) is 18.4 Å². The van der Waals surface area contributed by atoms with Gasteiger partial charge in [0.25, 0.3) is 5.91 Å². The summed E-state index contributed by atoms with van der Waals surface area (Å²) in [6.45, 7) is 2.69. The summed E-state index contributed by atoms with van der Waals surface area (Å²) in [4.78, 5) is 26.3. The molecule has 5 nitrogen and oxygen atoms in total. The highest BCUT2D eigenvalue weighted by Gasteiger charge is 2.28. The predicted octanol–water partition coefficient (Wildman–Crippen LogP) is 3.53. The second-order valence-corrected chi connectivity index (χ2v) is 6.84. The molecule has 0 atom stereocenters. The molecule has 1 N–H and O–H groups in total. The summed E-state index contributed by atoms with van der Waals surface area (Å²) >= 11 is 0. The SMILES string of the molecule is Cc1ccc(OCC(=O)N2CCC(C(=O)Nc3c(F)cccc3F)CC2)cc1. The van der Waals surface area contributed by atoms with Gasteiger partial charge >= 0.3 is 0 Å². The van der Waals surface area contributed by atoms with Crippen LogP contribution in [-0.4, -0.2) is 36.4 Å². The van der Waals surface area contributed by atoms with Gasteiger partial charge in [-0.25, -0.2) is 8.78 Å². The zero-order valence-electron chi connectivity index (χ0n) is 15.6. The first-order chi connectivity index (χ1) is 13.4. The first kappa shape index (κ1) is 19.8. The smallest absolute Gasteiger partial charge is 0.260 e. The van der Waals surface area contributed by atoms with Crippen LogP contribution in [0.1, 0.15) is 18.4 Å². The number of aryl methyl sites for hydroxylation is 1. The van der Waals surface area contributed by atoms with Crippen LogP contribution in [0, 0.1) is 24.5 Å². The van der Waals surface area contributed by atoms with E-state index in [1.165, 1.54) is 6.07 Å². The normalized spacial score (nSPS) is 14.6. The van der Waals surface area contributed by atoms with Gasteiger partial charge in [0.15, 0.2) is 6.61 Å². The number of nitrogens with one attached hydrogen (secondary N) is 1. The maximum Gasteiger partial charge on any atom is 0.260 e. The average molecular weight is 388 g/mol. The molecule has 1 aliphatic heterocycles. The Kier molecular flexibility index (Phi) is 6.23. The first-order valence-electron chi connectivity index (χ1n) is 9.16. The zero-order valence-corrected chi connectivity index (χ0v) is 15.6. The minimum Gasteiger partial charge on any atom is -0.484 e. The quantitative estimate of drug-likeness (QED) is 0.853. The number of ether oxygens (including phenoxy) is 1. The van der Waals surface area contributed by atoms with Crippen molar-refractivity contribution in [3.63, 3.8) is 0 Å². The molecule has 2 aromatic rings. The number of nitrogens with zero attached hydrogens (tertiary/aromatic N) is 1. The number of amides is 2. The molecule has 2 amide bonds. The molecule has 0 aliphatic carbocycles. The number of piperidine rings is 1. The van der Waals surface area contributed by atoms with E-state index in [0.717, 1.165) is 17.7 Å². The number of para-hydroxylation sites is 1. The molecule has 148 valence electrons. The molecule has 1 aliphatic rings. The van der Waals surface area contributed by atoms with E-state index in [4.69, 9.17) is 4.74 Å². The lowest BCUT2D eigenvalue weighted by Gasteiger charge is -2.31. The van der Waals surface area contributed by atoms with E-state index < -0.39 is 29.1 Å². The molecule has 0 saturated carbocycles. The Hall–Kier alpha value is -2.96. The highest BCUT2D eigenvalue weighted by Crippen LogP contribution is 2.23. The summed E-state index contributed by atoms with van der Waals surface area (Å²) < 4.78 is 32.8. The second-order valence-electron chi connectivity index (χ2n) is 6.84. The van der Waals surface area contributed by atoms with Crippen molar-refractivity contribution < 1.29 is 23.1 Å². The van der Waals surface area contributed by atoms with Crippen LogP contribution in [0.25, 0.3) is 0 Å². The molecule has 0 bridgehead atoms. The molecule has 3 rings (SSSR count). The highest BCUT2D eigenvalue weighted by atomic mass is 19.1. The minimum atomic E-state index is -0.811. The van der Waals surface area contributed by atoms with Gasteiger partial charge in [0.05, 0.1) is 0 Å². The van der Waals surface area contributed by atoms with Gasteiger partial charge in [0.2, 0.25) is 5.91 Å². The van der Waals surface area contributed by atoms with Crippen molar-refractivity contribution in [2.75, 3.05) is 25.0 Å². The molecule has 0 radical (unpaired) electrons. The number of carbonyl (C=O) groups is 2. The largest absolute Gasteiger partial charge is 0.484 e. The fraction of sp³-hybridized carbons (Fsp3) is 0.333. The van der Waals surface area contributed by atoms with Crippen LogP contribution >= 0.6 is 0 Å². The van der Waals surface area contributed by atoms with Crippen molar-refractivity contribution in [1.82, 2.24) is 4.90 Å². The monoisotopic (exact) mass is 388 g/mol. The topological polar surface area (TPSA) is 58.6 Å². The Labute approximate surface area is 162 Å². The summed E-state index contributed by atoms with van der Waals surface area (Å²) in [6, 6.07) is 10.8. The molecule has 1 heterocycles. The molecule has 0 spiro atoms. The van der Waals surface area contributed by atoms with Gasteiger partial charge in [-0.15, -0.1) is 0 Å². The molecular formula is C21H22F2N2O3. The van der Waals surface area contributed by atoms with Crippen molar-refractivity contribution in [3.05, 3.63) is 59.7 Å². The number of hydrogen-bond donors (Lipinski definition) is 1.